The van der Waals surface area contributed by atoms with Gasteiger partial charge in [-0.25, -0.2) is 9.97 Å². The number of methoxy groups -OCH3 is 1. The molecule has 4 aliphatic rings. The number of fused-ring (bicyclic) bond motifs is 2. The molecular formula is C23H28N4O2. The number of carbonyl (C=O) groups is 1. The van der Waals surface area contributed by atoms with E-state index in [0.717, 1.165) is 37.6 Å². The molecule has 1 aromatic carbocycles. The van der Waals surface area contributed by atoms with E-state index < -0.39 is 0 Å². The van der Waals surface area contributed by atoms with Gasteiger partial charge < -0.3 is 9.64 Å². The summed E-state index contributed by atoms with van der Waals surface area (Å²) in [6.07, 6.45) is 6.55. The van der Waals surface area contributed by atoms with Crippen molar-refractivity contribution >= 4 is 5.91 Å². The van der Waals surface area contributed by atoms with Gasteiger partial charge in [-0.3, -0.25) is 9.69 Å². The monoisotopic (exact) mass is 392 g/mol. The summed E-state index contributed by atoms with van der Waals surface area (Å²) in [7, 11) is 1.69. The van der Waals surface area contributed by atoms with Gasteiger partial charge in [-0.15, -0.1) is 0 Å². The van der Waals surface area contributed by atoms with Gasteiger partial charge in [0.25, 0.3) is 5.91 Å². The van der Waals surface area contributed by atoms with Gasteiger partial charge in [0.05, 0.1) is 18.7 Å². The molecule has 0 N–H and O–H groups in total. The Balaban J connectivity index is 1.47. The van der Waals surface area contributed by atoms with Crippen LogP contribution in [-0.2, 0) is 6.42 Å². The molecule has 6 heteroatoms. The summed E-state index contributed by atoms with van der Waals surface area (Å²) in [6.45, 7) is 5.07. The molecule has 0 aliphatic carbocycles. The first-order valence-corrected chi connectivity index (χ1v) is 10.7. The highest BCUT2D eigenvalue weighted by Gasteiger charge is 2.54. The number of hydrogen-bond donors (Lipinski definition) is 0. The molecule has 29 heavy (non-hydrogen) atoms. The minimum absolute atomic E-state index is 0.0763. The summed E-state index contributed by atoms with van der Waals surface area (Å²) in [5.41, 5.74) is 1.90. The molecule has 0 unspecified atom stereocenters. The Hall–Kier alpha value is -2.47. The average Bonchev–Trinajstić information content (AvgIpc) is 3.22. The van der Waals surface area contributed by atoms with Crippen LogP contribution in [0.4, 0.5) is 0 Å². The molecule has 1 aromatic heterocycles. The Morgan fingerprint density at radius 3 is 2.41 bits per heavy atom. The molecule has 4 aliphatic heterocycles. The lowest BCUT2D eigenvalue weighted by Gasteiger charge is -2.51. The Morgan fingerprint density at radius 1 is 1.10 bits per heavy atom. The number of carbonyl (C=O) groups excluding carboxylic acids is 1. The molecule has 0 saturated carbocycles. The quantitative estimate of drug-likeness (QED) is 0.801. The zero-order valence-corrected chi connectivity index (χ0v) is 17.1. The molecule has 1 amide bonds. The van der Waals surface area contributed by atoms with Crippen LogP contribution in [0.2, 0.25) is 0 Å². The highest BCUT2D eigenvalue weighted by molar-refractivity contribution is 5.94. The van der Waals surface area contributed by atoms with Gasteiger partial charge in [0.15, 0.2) is 0 Å². The fourth-order valence-electron chi connectivity index (χ4n) is 5.61. The summed E-state index contributed by atoms with van der Waals surface area (Å²) >= 11 is 0. The van der Waals surface area contributed by atoms with E-state index in [1.54, 1.807) is 19.5 Å². The Morgan fingerprint density at radius 2 is 1.79 bits per heavy atom. The predicted molar refractivity (Wildman–Crippen MR) is 110 cm³/mol. The molecule has 0 spiro atoms. The average molecular weight is 393 g/mol. The third-order valence-corrected chi connectivity index (χ3v) is 7.07. The van der Waals surface area contributed by atoms with Gasteiger partial charge in [-0.05, 0) is 49.5 Å². The summed E-state index contributed by atoms with van der Waals surface area (Å²) < 4.78 is 5.34. The van der Waals surface area contributed by atoms with Crippen LogP contribution in [0.3, 0.4) is 0 Å². The molecule has 2 bridgehead atoms. The molecule has 0 radical (unpaired) electrons. The molecule has 4 saturated heterocycles. The van der Waals surface area contributed by atoms with Crippen molar-refractivity contribution < 1.29 is 9.53 Å². The van der Waals surface area contributed by atoms with E-state index >= 15 is 0 Å². The van der Waals surface area contributed by atoms with Gasteiger partial charge >= 0.3 is 0 Å². The van der Waals surface area contributed by atoms with Crippen LogP contribution in [0.5, 0.6) is 5.75 Å². The lowest BCUT2D eigenvalue weighted by atomic mass is 9.75. The number of aromatic nitrogens is 2. The minimum atomic E-state index is 0.0763. The van der Waals surface area contributed by atoms with Crippen molar-refractivity contribution in [1.82, 2.24) is 19.8 Å². The van der Waals surface area contributed by atoms with Crippen molar-refractivity contribution in [3.05, 3.63) is 53.6 Å². The molecule has 6 nitrogen and oxygen atoms in total. The maximum Gasteiger partial charge on any atom is 0.257 e. The van der Waals surface area contributed by atoms with Crippen molar-refractivity contribution in [2.24, 2.45) is 5.92 Å². The number of aryl methyl sites for hydroxylation is 1. The van der Waals surface area contributed by atoms with Crippen LogP contribution in [0.1, 0.15) is 47.4 Å². The Labute approximate surface area is 171 Å². The summed E-state index contributed by atoms with van der Waals surface area (Å²) in [4.78, 5) is 26.9. The summed E-state index contributed by atoms with van der Waals surface area (Å²) in [6, 6.07) is 9.07. The van der Waals surface area contributed by atoms with E-state index in [0.29, 0.717) is 23.4 Å². The second-order valence-electron chi connectivity index (χ2n) is 8.43. The molecule has 152 valence electrons. The normalized spacial score (nSPS) is 30.3. The topological polar surface area (TPSA) is 58.6 Å². The number of hydrogen-bond acceptors (Lipinski definition) is 5. The largest absolute Gasteiger partial charge is 0.497 e. The van der Waals surface area contributed by atoms with Crippen LogP contribution >= 0.6 is 0 Å². The van der Waals surface area contributed by atoms with E-state index in [-0.39, 0.29) is 11.9 Å². The van der Waals surface area contributed by atoms with Crippen LogP contribution in [0.15, 0.2) is 36.7 Å². The zero-order chi connectivity index (χ0) is 20.0. The molecule has 2 aromatic rings. The van der Waals surface area contributed by atoms with Crippen molar-refractivity contribution in [2.45, 2.75) is 44.2 Å². The summed E-state index contributed by atoms with van der Waals surface area (Å²) in [5.74, 6) is 2.64. The maximum absolute atomic E-state index is 13.5. The number of amides is 1. The SMILES string of the molecule is CCc1ncc(C(=O)N2C[C@@H](c3ccc(OC)cc3)[C@@H]3[C@H]2C2CCN3CC2)cn1. The second-order valence-corrected chi connectivity index (χ2v) is 8.43. The fourth-order valence-corrected chi connectivity index (χ4v) is 5.61. The molecule has 3 atom stereocenters. The van der Waals surface area contributed by atoms with Gasteiger partial charge in [-0.1, -0.05) is 19.1 Å². The number of nitrogens with zero attached hydrogens (tertiary/aromatic N) is 4. The van der Waals surface area contributed by atoms with E-state index in [9.17, 15) is 4.79 Å². The van der Waals surface area contributed by atoms with Crippen molar-refractivity contribution in [3.63, 3.8) is 0 Å². The first-order chi connectivity index (χ1) is 14.2. The van der Waals surface area contributed by atoms with Gasteiger partial charge in [0.1, 0.15) is 11.6 Å². The standard InChI is InChI=1S/C23H28N4O2/c1-3-20-24-12-17(13-25-20)23(28)27-14-19(15-4-6-18(29-2)7-5-15)22-21(27)16-8-10-26(22)11-9-16/h4-7,12-13,16,19,21-22H,3,8-11,14H2,1-2H3/t19-,21+,22+/m0/s1. The van der Waals surface area contributed by atoms with Crippen LogP contribution < -0.4 is 4.74 Å². The minimum Gasteiger partial charge on any atom is -0.497 e. The molecule has 5 heterocycles. The number of likely N-dealkylation sites (tertiary alicyclic amines) is 1. The highest BCUT2D eigenvalue weighted by atomic mass is 16.5. The second kappa shape index (κ2) is 7.41. The Bertz CT molecular complexity index is 875. The smallest absolute Gasteiger partial charge is 0.257 e. The lowest BCUT2D eigenvalue weighted by Crippen LogP contribution is -2.60. The van der Waals surface area contributed by atoms with Gasteiger partial charge in [0, 0.05) is 37.3 Å². The van der Waals surface area contributed by atoms with Crippen molar-refractivity contribution in [2.75, 3.05) is 26.7 Å². The van der Waals surface area contributed by atoms with Crippen LogP contribution in [0.25, 0.3) is 0 Å². The number of ether oxygens (including phenoxy) is 1. The summed E-state index contributed by atoms with van der Waals surface area (Å²) in [5, 5.41) is 0. The fraction of sp³-hybridized carbons (Fsp3) is 0.522. The first kappa shape index (κ1) is 18.6. The maximum atomic E-state index is 13.5. The molecular weight excluding hydrogens is 364 g/mol. The zero-order valence-electron chi connectivity index (χ0n) is 17.1. The van der Waals surface area contributed by atoms with E-state index in [1.165, 1.54) is 18.4 Å². The number of piperidine rings is 3. The third-order valence-electron chi connectivity index (χ3n) is 7.07. The third kappa shape index (κ3) is 3.10. The molecule has 6 rings (SSSR count). The number of benzene rings is 1. The van der Waals surface area contributed by atoms with E-state index in [2.05, 4.69) is 31.9 Å². The van der Waals surface area contributed by atoms with E-state index in [4.69, 9.17) is 4.74 Å². The van der Waals surface area contributed by atoms with Crippen molar-refractivity contribution in [3.8, 4) is 5.75 Å². The van der Waals surface area contributed by atoms with Gasteiger partial charge in [0.2, 0.25) is 0 Å². The highest BCUT2D eigenvalue weighted by Crippen LogP contribution is 2.47. The van der Waals surface area contributed by atoms with E-state index in [1.807, 2.05) is 19.1 Å². The lowest BCUT2D eigenvalue weighted by molar-refractivity contribution is -0.00343. The van der Waals surface area contributed by atoms with Crippen molar-refractivity contribution in [1.29, 1.82) is 0 Å². The first-order valence-electron chi connectivity index (χ1n) is 10.7. The number of rotatable bonds is 4. The predicted octanol–water partition coefficient (Wildman–Crippen LogP) is 2.75. The Kier molecular flexibility index (Phi) is 4.74. The van der Waals surface area contributed by atoms with Gasteiger partial charge in [-0.2, -0.15) is 0 Å². The van der Waals surface area contributed by atoms with Crippen LogP contribution in [0, 0.1) is 5.92 Å². The molecule has 4 fully saturated rings. The van der Waals surface area contributed by atoms with Crippen LogP contribution in [-0.4, -0.2) is 64.5 Å².